The van der Waals surface area contributed by atoms with Crippen LogP contribution in [0, 0.1) is 10.1 Å². The van der Waals surface area contributed by atoms with Gasteiger partial charge in [-0.1, -0.05) is 24.0 Å². The van der Waals surface area contributed by atoms with Crippen LogP contribution in [0.3, 0.4) is 0 Å². The minimum absolute atomic E-state index is 0.171. The van der Waals surface area contributed by atoms with Gasteiger partial charge in [-0.25, -0.2) is 4.79 Å². The van der Waals surface area contributed by atoms with Crippen molar-refractivity contribution in [2.75, 3.05) is 6.54 Å². The van der Waals surface area contributed by atoms with E-state index in [1.807, 2.05) is 6.92 Å². The van der Waals surface area contributed by atoms with Crippen molar-refractivity contribution in [2.24, 2.45) is 14.1 Å². The first-order chi connectivity index (χ1) is 11.8. The highest BCUT2D eigenvalue weighted by Crippen LogP contribution is 2.35. The lowest BCUT2D eigenvalue weighted by atomic mass is 10.1. The van der Waals surface area contributed by atoms with E-state index in [0.29, 0.717) is 26.8 Å². The van der Waals surface area contributed by atoms with Crippen LogP contribution in [0.5, 0.6) is 0 Å². The number of carbonyl (C=O) groups is 1. The maximum absolute atomic E-state index is 12.3. The van der Waals surface area contributed by atoms with Crippen LogP contribution in [-0.2, 0) is 18.9 Å². The topological polar surface area (TPSA) is 90.4 Å². The first kappa shape index (κ1) is 17.4. The van der Waals surface area contributed by atoms with Crippen LogP contribution < -0.4 is 5.69 Å². The standard InChI is InChI=1S/C15H14N4O4S2/c1-4-18-13(20)12(25-15(18)24)6-8-5-10-11(7-9(8)19(22)23)17(3)14(21)16(10)2/h5-7H,4H2,1-3H3/b12-6+. The van der Waals surface area contributed by atoms with Crippen molar-refractivity contribution in [3.8, 4) is 0 Å². The SMILES string of the molecule is CCN1C(=O)/C(=C\c2cc3c(cc2[N+](=O)[O-])n(C)c(=O)n3C)SC1=S. The Morgan fingerprint density at radius 1 is 1.24 bits per heavy atom. The fourth-order valence-corrected chi connectivity index (χ4v) is 4.11. The van der Waals surface area contributed by atoms with E-state index in [1.165, 1.54) is 26.2 Å². The minimum atomic E-state index is -0.524. The van der Waals surface area contributed by atoms with Crippen molar-refractivity contribution in [1.82, 2.24) is 14.0 Å². The van der Waals surface area contributed by atoms with Crippen LogP contribution in [0.25, 0.3) is 17.1 Å². The average molecular weight is 378 g/mol. The summed E-state index contributed by atoms with van der Waals surface area (Å²) in [4.78, 5) is 37.1. The Balaban J connectivity index is 2.24. The molecule has 2 aromatic rings. The highest BCUT2D eigenvalue weighted by Gasteiger charge is 2.31. The Kier molecular flexibility index (Phi) is 4.25. The van der Waals surface area contributed by atoms with Crippen LogP contribution in [0.4, 0.5) is 5.69 Å². The van der Waals surface area contributed by atoms with Gasteiger partial charge in [-0.05, 0) is 19.1 Å². The smallest absolute Gasteiger partial charge is 0.295 e. The molecule has 1 saturated heterocycles. The number of benzene rings is 1. The molecule has 3 rings (SSSR count). The molecule has 0 bridgehead atoms. The fraction of sp³-hybridized carbons (Fsp3) is 0.267. The summed E-state index contributed by atoms with van der Waals surface area (Å²) in [7, 11) is 3.15. The summed E-state index contributed by atoms with van der Waals surface area (Å²) < 4.78 is 3.19. The zero-order valence-corrected chi connectivity index (χ0v) is 15.3. The van der Waals surface area contributed by atoms with Crippen molar-refractivity contribution < 1.29 is 9.72 Å². The fourth-order valence-electron chi connectivity index (χ4n) is 2.74. The number of nitro benzene ring substituents is 1. The number of likely N-dealkylation sites (N-methyl/N-ethyl adjacent to an activating group) is 1. The molecule has 0 saturated carbocycles. The Labute approximate surface area is 151 Å². The summed E-state index contributed by atoms with van der Waals surface area (Å²) >= 11 is 6.27. The third kappa shape index (κ3) is 2.67. The van der Waals surface area contributed by atoms with E-state index in [-0.39, 0.29) is 22.8 Å². The van der Waals surface area contributed by atoms with E-state index in [2.05, 4.69) is 0 Å². The van der Waals surface area contributed by atoms with Gasteiger partial charge in [0.25, 0.3) is 11.6 Å². The molecule has 1 aliphatic heterocycles. The molecule has 1 fully saturated rings. The molecular weight excluding hydrogens is 364 g/mol. The molecule has 1 aliphatic rings. The summed E-state index contributed by atoms with van der Waals surface area (Å²) in [5.41, 5.74) is 0.817. The molecular formula is C15H14N4O4S2. The Morgan fingerprint density at radius 3 is 2.36 bits per heavy atom. The summed E-state index contributed by atoms with van der Waals surface area (Å²) in [5, 5.41) is 11.5. The average Bonchev–Trinajstić information content (AvgIpc) is 2.95. The second-order valence-corrected chi connectivity index (χ2v) is 7.16. The highest BCUT2D eigenvalue weighted by molar-refractivity contribution is 8.26. The molecule has 0 atom stereocenters. The number of hydrogen-bond acceptors (Lipinski definition) is 6. The van der Waals surface area contributed by atoms with E-state index >= 15 is 0 Å². The van der Waals surface area contributed by atoms with Gasteiger partial charge in [0.2, 0.25) is 0 Å². The Morgan fingerprint density at radius 2 is 1.84 bits per heavy atom. The zero-order chi connectivity index (χ0) is 18.5. The van der Waals surface area contributed by atoms with Crippen molar-refractivity contribution in [2.45, 2.75) is 6.92 Å². The molecule has 0 aliphatic carbocycles. The maximum Gasteiger partial charge on any atom is 0.328 e. The quantitative estimate of drug-likeness (QED) is 0.351. The number of carbonyl (C=O) groups excluding carboxylic acids is 1. The molecule has 2 heterocycles. The van der Waals surface area contributed by atoms with Gasteiger partial charge in [0, 0.05) is 26.7 Å². The van der Waals surface area contributed by atoms with Crippen molar-refractivity contribution in [3.63, 3.8) is 0 Å². The molecule has 0 spiro atoms. The predicted molar refractivity (Wildman–Crippen MR) is 100 cm³/mol. The Bertz CT molecular complexity index is 1030. The number of imidazole rings is 1. The van der Waals surface area contributed by atoms with E-state index < -0.39 is 4.92 Å². The third-order valence-corrected chi connectivity index (χ3v) is 5.47. The second kappa shape index (κ2) is 6.12. The number of thiocarbonyl (C=S) groups is 1. The lowest BCUT2D eigenvalue weighted by Crippen LogP contribution is -2.27. The number of rotatable bonds is 3. The van der Waals surface area contributed by atoms with Gasteiger partial charge in [-0.2, -0.15) is 0 Å². The molecule has 0 unspecified atom stereocenters. The van der Waals surface area contributed by atoms with Crippen molar-refractivity contribution in [3.05, 3.63) is 43.2 Å². The Hall–Kier alpha value is -2.46. The number of nitro groups is 1. The van der Waals surface area contributed by atoms with Gasteiger partial charge in [0.15, 0.2) is 0 Å². The van der Waals surface area contributed by atoms with Gasteiger partial charge in [-0.3, -0.25) is 28.9 Å². The molecule has 10 heteroatoms. The van der Waals surface area contributed by atoms with E-state index in [4.69, 9.17) is 12.2 Å². The van der Waals surface area contributed by atoms with E-state index in [1.54, 1.807) is 20.2 Å². The molecule has 0 radical (unpaired) electrons. The molecule has 1 aromatic heterocycles. The summed E-state index contributed by atoms with van der Waals surface area (Å²) in [5.74, 6) is -0.270. The monoisotopic (exact) mass is 378 g/mol. The number of thioether (sulfide) groups is 1. The predicted octanol–water partition coefficient (Wildman–Crippen LogP) is 2.01. The number of nitrogens with zero attached hydrogens (tertiary/aromatic N) is 4. The van der Waals surface area contributed by atoms with Crippen molar-refractivity contribution >= 4 is 57.0 Å². The third-order valence-electron chi connectivity index (χ3n) is 4.09. The zero-order valence-electron chi connectivity index (χ0n) is 13.7. The van der Waals surface area contributed by atoms with Crippen LogP contribution in [0.15, 0.2) is 21.8 Å². The van der Waals surface area contributed by atoms with Gasteiger partial charge in [0.05, 0.1) is 26.4 Å². The van der Waals surface area contributed by atoms with Crippen molar-refractivity contribution in [1.29, 1.82) is 0 Å². The summed E-state index contributed by atoms with van der Waals surface area (Å²) in [6, 6.07) is 2.90. The van der Waals surface area contributed by atoms with Gasteiger partial charge in [0.1, 0.15) is 4.32 Å². The number of amides is 1. The molecule has 0 N–H and O–H groups in total. The summed E-state index contributed by atoms with van der Waals surface area (Å²) in [6.07, 6.45) is 1.46. The van der Waals surface area contributed by atoms with Crippen LogP contribution in [0.1, 0.15) is 12.5 Å². The molecule has 1 aromatic carbocycles. The maximum atomic E-state index is 12.3. The van der Waals surface area contributed by atoms with Crippen LogP contribution >= 0.6 is 24.0 Å². The minimum Gasteiger partial charge on any atom is -0.295 e. The number of aryl methyl sites for hydroxylation is 2. The number of aromatic nitrogens is 2. The van der Waals surface area contributed by atoms with Gasteiger partial charge < -0.3 is 0 Å². The second-order valence-electron chi connectivity index (χ2n) is 5.48. The lowest BCUT2D eigenvalue weighted by molar-refractivity contribution is -0.385. The van der Waals surface area contributed by atoms with E-state index in [9.17, 15) is 19.7 Å². The molecule has 130 valence electrons. The van der Waals surface area contributed by atoms with Gasteiger partial charge in [-0.15, -0.1) is 0 Å². The molecule has 25 heavy (non-hydrogen) atoms. The number of fused-ring (bicyclic) bond motifs is 1. The van der Waals surface area contributed by atoms with E-state index in [0.717, 1.165) is 11.8 Å². The largest absolute Gasteiger partial charge is 0.328 e. The first-order valence-corrected chi connectivity index (χ1v) is 8.58. The normalized spacial score (nSPS) is 16.4. The molecule has 1 amide bonds. The van der Waals surface area contributed by atoms with Crippen LogP contribution in [-0.4, -0.2) is 35.7 Å². The lowest BCUT2D eigenvalue weighted by Gasteiger charge is -2.09. The highest BCUT2D eigenvalue weighted by atomic mass is 32.2. The molecule has 8 nitrogen and oxygen atoms in total. The first-order valence-electron chi connectivity index (χ1n) is 7.35. The summed E-state index contributed by atoms with van der Waals surface area (Å²) in [6.45, 7) is 2.25. The number of hydrogen-bond donors (Lipinski definition) is 0. The van der Waals surface area contributed by atoms with Crippen LogP contribution in [0.2, 0.25) is 0 Å². The van der Waals surface area contributed by atoms with Gasteiger partial charge >= 0.3 is 5.69 Å².